The van der Waals surface area contributed by atoms with E-state index in [9.17, 15) is 9.59 Å². The Labute approximate surface area is 146 Å². The molecule has 0 unspecified atom stereocenters. The van der Waals surface area contributed by atoms with Crippen molar-refractivity contribution in [1.29, 1.82) is 0 Å². The fourth-order valence-corrected chi connectivity index (χ4v) is 2.90. The summed E-state index contributed by atoms with van der Waals surface area (Å²) in [5, 5.41) is 3.08. The summed E-state index contributed by atoms with van der Waals surface area (Å²) in [6.45, 7) is 5.63. The van der Waals surface area contributed by atoms with Crippen molar-refractivity contribution in [3.63, 3.8) is 0 Å². The normalized spacial score (nSPS) is 15.5. The highest BCUT2D eigenvalue weighted by molar-refractivity contribution is 5.84. The Morgan fingerprint density at radius 2 is 1.92 bits per heavy atom. The van der Waals surface area contributed by atoms with Crippen LogP contribution < -0.4 is 9.47 Å². The predicted octanol–water partition coefficient (Wildman–Crippen LogP) is 1.53. The Kier molecular flexibility index (Phi) is 5.55. The van der Waals surface area contributed by atoms with Gasteiger partial charge in [0.1, 0.15) is 0 Å². The molecule has 2 amide bonds. The molecule has 134 valence electrons. The van der Waals surface area contributed by atoms with Gasteiger partial charge < -0.3 is 14.2 Å². The number of rotatable bonds is 7. The second kappa shape index (κ2) is 8.02. The predicted molar refractivity (Wildman–Crippen MR) is 89.9 cm³/mol. The van der Waals surface area contributed by atoms with Crippen LogP contribution in [0.4, 0.5) is 0 Å². The third-order valence-electron chi connectivity index (χ3n) is 4.10. The second-order valence-electron chi connectivity index (χ2n) is 5.87. The molecule has 0 atom stereocenters. The van der Waals surface area contributed by atoms with E-state index in [1.54, 1.807) is 17.2 Å². The van der Waals surface area contributed by atoms with Crippen LogP contribution in [0.5, 0.6) is 11.5 Å². The van der Waals surface area contributed by atoms with E-state index in [0.717, 1.165) is 12.0 Å². The smallest absolute Gasteiger partial charge is 0.245 e. The Hall–Kier alpha value is -2.54. The maximum Gasteiger partial charge on any atom is 0.245 e. The topological polar surface area (TPSA) is 68.3 Å². The molecule has 3 rings (SSSR count). The first kappa shape index (κ1) is 17.3. The van der Waals surface area contributed by atoms with Crippen molar-refractivity contribution in [3.05, 3.63) is 36.4 Å². The van der Waals surface area contributed by atoms with Gasteiger partial charge in [-0.3, -0.25) is 19.6 Å². The molecule has 0 saturated carbocycles. The summed E-state index contributed by atoms with van der Waals surface area (Å²) in [6, 6.07) is 5.46. The molecule has 1 saturated heterocycles. The highest BCUT2D eigenvalue weighted by atomic mass is 16.7. The summed E-state index contributed by atoms with van der Waals surface area (Å²) in [4.78, 5) is 24.9. The van der Waals surface area contributed by atoms with Crippen LogP contribution in [0, 0.1) is 0 Å². The summed E-state index contributed by atoms with van der Waals surface area (Å²) < 4.78 is 15.9. The number of carbonyl (C=O) groups excluding carboxylic acids is 2. The lowest BCUT2D eigenvalue weighted by Crippen LogP contribution is -2.45. The van der Waals surface area contributed by atoms with Crippen molar-refractivity contribution in [2.75, 3.05) is 33.1 Å². The lowest BCUT2D eigenvalue weighted by atomic mass is 10.1. The highest BCUT2D eigenvalue weighted by Crippen LogP contribution is 2.32. The van der Waals surface area contributed by atoms with Crippen molar-refractivity contribution < 1.29 is 23.8 Å². The Morgan fingerprint density at radius 1 is 1.16 bits per heavy atom. The van der Waals surface area contributed by atoms with E-state index in [1.165, 1.54) is 5.01 Å². The van der Waals surface area contributed by atoms with Crippen molar-refractivity contribution >= 4 is 11.8 Å². The first-order valence-electron chi connectivity index (χ1n) is 8.37. The van der Waals surface area contributed by atoms with E-state index in [1.807, 2.05) is 12.1 Å². The maximum atomic E-state index is 12.6. The molecule has 1 aromatic carbocycles. The number of fused-ring (bicyclic) bond motifs is 1. The van der Waals surface area contributed by atoms with Gasteiger partial charge in [-0.15, -0.1) is 6.58 Å². The van der Waals surface area contributed by atoms with E-state index in [0.29, 0.717) is 37.8 Å². The summed E-state index contributed by atoms with van der Waals surface area (Å²) in [5.41, 5.74) is 0.836. The largest absolute Gasteiger partial charge is 0.454 e. The molecule has 7 heteroatoms. The van der Waals surface area contributed by atoms with Gasteiger partial charge in [-0.25, -0.2) is 0 Å². The molecule has 0 bridgehead atoms. The zero-order valence-electron chi connectivity index (χ0n) is 14.1. The molecular weight excluding hydrogens is 324 g/mol. The fourth-order valence-electron chi connectivity index (χ4n) is 2.90. The monoisotopic (exact) mass is 346 g/mol. The zero-order chi connectivity index (χ0) is 17.6. The maximum absolute atomic E-state index is 12.6. The Bertz CT molecular complexity index is 661. The van der Waals surface area contributed by atoms with Gasteiger partial charge in [-0.2, -0.15) is 0 Å². The number of amides is 2. The van der Waals surface area contributed by atoms with Crippen LogP contribution in [-0.4, -0.2) is 54.9 Å². The number of hydrazine groups is 1. The van der Waals surface area contributed by atoms with Crippen LogP contribution >= 0.6 is 0 Å². The van der Waals surface area contributed by atoms with Gasteiger partial charge >= 0.3 is 0 Å². The van der Waals surface area contributed by atoms with Crippen molar-refractivity contribution in [3.8, 4) is 11.5 Å². The lowest BCUT2D eigenvalue weighted by molar-refractivity contribution is -0.158. The minimum atomic E-state index is -0.100. The Morgan fingerprint density at radius 3 is 2.72 bits per heavy atom. The third kappa shape index (κ3) is 4.11. The van der Waals surface area contributed by atoms with E-state index >= 15 is 0 Å². The van der Waals surface area contributed by atoms with Crippen molar-refractivity contribution in [1.82, 2.24) is 10.0 Å². The molecule has 0 radical (unpaired) electrons. The van der Waals surface area contributed by atoms with Crippen LogP contribution in [0.2, 0.25) is 0 Å². The van der Waals surface area contributed by atoms with Crippen LogP contribution in [-0.2, 0) is 20.7 Å². The second-order valence-corrected chi connectivity index (χ2v) is 5.87. The van der Waals surface area contributed by atoms with Gasteiger partial charge in [0, 0.05) is 13.1 Å². The molecule has 2 heterocycles. The Balaban J connectivity index is 1.57. The van der Waals surface area contributed by atoms with Crippen molar-refractivity contribution in [2.24, 2.45) is 0 Å². The minimum Gasteiger partial charge on any atom is -0.454 e. The molecule has 7 nitrogen and oxygen atoms in total. The van der Waals surface area contributed by atoms with Gasteiger partial charge in [0.15, 0.2) is 11.5 Å². The number of carbonyl (C=O) groups is 2. The quantitative estimate of drug-likeness (QED) is 0.553. The molecule has 0 aromatic heterocycles. The molecule has 0 aliphatic carbocycles. The molecule has 2 aliphatic heterocycles. The van der Waals surface area contributed by atoms with Crippen LogP contribution in [0.1, 0.15) is 18.4 Å². The van der Waals surface area contributed by atoms with E-state index in [2.05, 4.69) is 6.58 Å². The SMILES string of the molecule is C=CCOCCC(=O)N1CCCN1C(=O)Cc1ccc2c(c1)OCO2. The number of hydrogen-bond donors (Lipinski definition) is 0. The summed E-state index contributed by atoms with van der Waals surface area (Å²) in [6.07, 6.45) is 2.89. The molecule has 2 aliphatic rings. The van der Waals surface area contributed by atoms with E-state index in [-0.39, 0.29) is 31.4 Å². The van der Waals surface area contributed by atoms with Gasteiger partial charge in [-0.1, -0.05) is 12.1 Å². The summed E-state index contributed by atoms with van der Waals surface area (Å²) in [7, 11) is 0. The number of nitrogens with zero attached hydrogens (tertiary/aromatic N) is 2. The summed E-state index contributed by atoms with van der Waals surface area (Å²) >= 11 is 0. The van der Waals surface area contributed by atoms with Gasteiger partial charge in [0.25, 0.3) is 0 Å². The molecular formula is C18H22N2O5. The number of benzene rings is 1. The van der Waals surface area contributed by atoms with E-state index < -0.39 is 0 Å². The van der Waals surface area contributed by atoms with Gasteiger partial charge in [0.05, 0.1) is 26.1 Å². The first-order valence-corrected chi connectivity index (χ1v) is 8.37. The number of ether oxygens (including phenoxy) is 3. The third-order valence-corrected chi connectivity index (χ3v) is 4.10. The minimum absolute atomic E-state index is 0.0967. The lowest BCUT2D eigenvalue weighted by Gasteiger charge is -2.28. The average Bonchev–Trinajstić information content (AvgIpc) is 3.27. The first-order chi connectivity index (χ1) is 12.2. The van der Waals surface area contributed by atoms with Crippen LogP contribution in [0.3, 0.4) is 0 Å². The summed E-state index contributed by atoms with van der Waals surface area (Å²) in [5.74, 6) is 1.14. The number of hydrogen-bond acceptors (Lipinski definition) is 5. The standard InChI is InChI=1S/C18H22N2O5/c1-2-9-23-10-6-17(21)19-7-3-8-20(19)18(22)12-14-4-5-15-16(11-14)25-13-24-15/h2,4-5,11H,1,3,6-10,12-13H2. The van der Waals surface area contributed by atoms with Crippen LogP contribution in [0.15, 0.2) is 30.9 Å². The molecule has 0 N–H and O–H groups in total. The van der Waals surface area contributed by atoms with E-state index in [4.69, 9.17) is 14.2 Å². The van der Waals surface area contributed by atoms with Crippen molar-refractivity contribution in [2.45, 2.75) is 19.3 Å². The van der Waals surface area contributed by atoms with Gasteiger partial charge in [0.2, 0.25) is 18.6 Å². The molecule has 1 aromatic rings. The molecule has 25 heavy (non-hydrogen) atoms. The van der Waals surface area contributed by atoms with Crippen LogP contribution in [0.25, 0.3) is 0 Å². The molecule has 0 spiro atoms. The highest BCUT2D eigenvalue weighted by Gasteiger charge is 2.30. The van der Waals surface area contributed by atoms with Gasteiger partial charge in [-0.05, 0) is 24.1 Å². The molecule has 1 fully saturated rings. The average molecular weight is 346 g/mol. The fraction of sp³-hybridized carbons (Fsp3) is 0.444. The zero-order valence-corrected chi connectivity index (χ0v) is 14.1.